The second-order valence-corrected chi connectivity index (χ2v) is 10.0. The maximum atomic E-state index is 13.4. The minimum absolute atomic E-state index is 0.122. The molecule has 0 aliphatic heterocycles. The van der Waals surface area contributed by atoms with Gasteiger partial charge in [0.2, 0.25) is 5.91 Å². The smallest absolute Gasteiger partial charge is 0.277 e. The first-order valence-corrected chi connectivity index (χ1v) is 12.7. The first-order valence-electron chi connectivity index (χ1n) is 12.7. The van der Waals surface area contributed by atoms with Crippen LogP contribution in [0.5, 0.6) is 5.75 Å². The number of amides is 1. The van der Waals surface area contributed by atoms with Gasteiger partial charge in [0.25, 0.3) is 5.56 Å². The highest BCUT2D eigenvalue weighted by Gasteiger charge is 2.22. The summed E-state index contributed by atoms with van der Waals surface area (Å²) in [6.07, 6.45) is 2.42. The van der Waals surface area contributed by atoms with Crippen LogP contribution in [0, 0.1) is 5.41 Å². The molecule has 0 bridgehead atoms. The third-order valence-corrected chi connectivity index (χ3v) is 5.80. The fourth-order valence-electron chi connectivity index (χ4n) is 3.89. The van der Waals surface area contributed by atoms with Crippen molar-refractivity contribution in [3.8, 4) is 17.1 Å². The monoisotopic (exact) mass is 502 g/mol. The van der Waals surface area contributed by atoms with Gasteiger partial charge in [-0.15, -0.1) is 0 Å². The number of nitrogens with one attached hydrogen (secondary N) is 2. The van der Waals surface area contributed by atoms with Gasteiger partial charge in [0.05, 0.1) is 30.1 Å². The molecule has 0 spiro atoms. The highest BCUT2D eigenvalue weighted by Crippen LogP contribution is 2.28. The number of hydrogen-bond donors (Lipinski definition) is 2. The molecular weight excluding hydrogens is 468 g/mol. The zero-order valence-corrected chi connectivity index (χ0v) is 22.1. The van der Waals surface area contributed by atoms with Gasteiger partial charge in [-0.2, -0.15) is 5.10 Å². The SMILES string of the molecule is CCCOc1ccccc1-c1nc2c(CCC)nn(Cc3cccc(NC(=O)C(C)(C)C)n3)c2c(=O)[nH]1. The maximum absolute atomic E-state index is 13.4. The largest absolute Gasteiger partial charge is 0.493 e. The Hall–Kier alpha value is -4.01. The van der Waals surface area contributed by atoms with E-state index in [4.69, 9.17) is 14.8 Å². The van der Waals surface area contributed by atoms with Gasteiger partial charge in [-0.25, -0.2) is 9.97 Å². The Morgan fingerprint density at radius 3 is 2.57 bits per heavy atom. The van der Waals surface area contributed by atoms with Gasteiger partial charge in [0.15, 0.2) is 5.52 Å². The van der Waals surface area contributed by atoms with Gasteiger partial charge in [0, 0.05) is 5.41 Å². The summed E-state index contributed by atoms with van der Waals surface area (Å²) in [5, 5.41) is 7.60. The number of pyridine rings is 1. The number of carbonyl (C=O) groups excluding carboxylic acids is 1. The quantitative estimate of drug-likeness (QED) is 0.334. The Morgan fingerprint density at radius 1 is 1.05 bits per heavy atom. The summed E-state index contributed by atoms with van der Waals surface area (Å²) in [5.74, 6) is 1.46. The van der Waals surface area contributed by atoms with Crippen LogP contribution in [-0.4, -0.2) is 37.2 Å². The third kappa shape index (κ3) is 5.87. The van der Waals surface area contributed by atoms with Crippen molar-refractivity contribution in [3.63, 3.8) is 0 Å². The molecule has 3 heterocycles. The van der Waals surface area contributed by atoms with Crippen molar-refractivity contribution in [2.75, 3.05) is 11.9 Å². The third-order valence-electron chi connectivity index (χ3n) is 5.80. The maximum Gasteiger partial charge on any atom is 0.277 e. The van der Waals surface area contributed by atoms with Crippen molar-refractivity contribution < 1.29 is 9.53 Å². The molecule has 1 amide bonds. The van der Waals surface area contributed by atoms with Gasteiger partial charge in [-0.05, 0) is 37.1 Å². The molecule has 0 saturated heterocycles. The van der Waals surface area contributed by atoms with Gasteiger partial charge in [0.1, 0.15) is 22.9 Å². The van der Waals surface area contributed by atoms with Crippen LogP contribution in [0.3, 0.4) is 0 Å². The lowest BCUT2D eigenvalue weighted by molar-refractivity contribution is -0.123. The molecule has 9 heteroatoms. The molecule has 0 fully saturated rings. The molecule has 3 aromatic heterocycles. The number of H-pyrrole nitrogens is 1. The molecule has 1 aromatic carbocycles. The zero-order chi connectivity index (χ0) is 26.6. The van der Waals surface area contributed by atoms with E-state index in [1.165, 1.54) is 0 Å². The molecule has 0 atom stereocenters. The van der Waals surface area contributed by atoms with E-state index in [9.17, 15) is 9.59 Å². The van der Waals surface area contributed by atoms with Crippen molar-refractivity contribution in [1.29, 1.82) is 0 Å². The number of aryl methyl sites for hydroxylation is 1. The molecular formula is C28H34N6O3. The van der Waals surface area contributed by atoms with Crippen molar-refractivity contribution in [2.24, 2.45) is 5.41 Å². The first kappa shape index (κ1) is 26.1. The van der Waals surface area contributed by atoms with Crippen molar-refractivity contribution in [2.45, 2.75) is 60.4 Å². The number of aromatic amines is 1. The van der Waals surface area contributed by atoms with Crippen molar-refractivity contribution >= 4 is 22.8 Å². The van der Waals surface area contributed by atoms with Crippen LogP contribution < -0.4 is 15.6 Å². The first-order chi connectivity index (χ1) is 17.7. The van der Waals surface area contributed by atoms with E-state index in [0.29, 0.717) is 47.1 Å². The van der Waals surface area contributed by atoms with Gasteiger partial charge in [-0.3, -0.25) is 14.3 Å². The Morgan fingerprint density at radius 2 is 1.84 bits per heavy atom. The normalized spacial score (nSPS) is 11.6. The molecule has 0 radical (unpaired) electrons. The van der Waals surface area contributed by atoms with Gasteiger partial charge >= 0.3 is 0 Å². The Balaban J connectivity index is 1.73. The summed E-state index contributed by atoms with van der Waals surface area (Å²) in [5.41, 5.74) is 2.30. The molecule has 9 nitrogen and oxygen atoms in total. The fourth-order valence-corrected chi connectivity index (χ4v) is 3.89. The van der Waals surface area contributed by atoms with E-state index in [-0.39, 0.29) is 18.0 Å². The van der Waals surface area contributed by atoms with Crippen LogP contribution in [0.2, 0.25) is 0 Å². The number of carbonyl (C=O) groups is 1. The number of ether oxygens (including phenoxy) is 1. The molecule has 0 aliphatic carbocycles. The van der Waals surface area contributed by atoms with E-state index in [1.807, 2.05) is 64.1 Å². The molecule has 194 valence electrons. The summed E-state index contributed by atoms with van der Waals surface area (Å²) < 4.78 is 7.54. The van der Waals surface area contributed by atoms with Crippen molar-refractivity contribution in [3.05, 3.63) is 64.2 Å². The lowest BCUT2D eigenvalue weighted by Crippen LogP contribution is -2.28. The lowest BCUT2D eigenvalue weighted by atomic mass is 9.96. The van der Waals surface area contributed by atoms with Crippen LogP contribution in [0.4, 0.5) is 5.82 Å². The average Bonchev–Trinajstić information content (AvgIpc) is 3.20. The van der Waals surface area contributed by atoms with Crippen LogP contribution in [-0.2, 0) is 17.8 Å². The summed E-state index contributed by atoms with van der Waals surface area (Å²) in [6.45, 7) is 10.5. The molecule has 0 saturated carbocycles. The number of fused-ring (bicyclic) bond motifs is 1. The molecule has 0 aliphatic rings. The second-order valence-electron chi connectivity index (χ2n) is 10.0. The molecule has 0 unspecified atom stereocenters. The Labute approximate surface area is 216 Å². The average molecular weight is 503 g/mol. The Kier molecular flexibility index (Phi) is 7.71. The zero-order valence-electron chi connectivity index (χ0n) is 22.1. The van der Waals surface area contributed by atoms with Crippen LogP contribution >= 0.6 is 0 Å². The molecule has 4 rings (SSSR count). The summed E-state index contributed by atoms with van der Waals surface area (Å²) in [7, 11) is 0. The Bertz CT molecular complexity index is 1470. The second kappa shape index (κ2) is 10.9. The van der Waals surface area contributed by atoms with Crippen LogP contribution in [0.25, 0.3) is 22.4 Å². The number of benzene rings is 1. The lowest BCUT2D eigenvalue weighted by Gasteiger charge is -2.17. The van der Waals surface area contributed by atoms with E-state index < -0.39 is 5.41 Å². The predicted octanol–water partition coefficient (Wildman–Crippen LogP) is 4.96. The summed E-state index contributed by atoms with van der Waals surface area (Å²) in [4.78, 5) is 38.1. The van der Waals surface area contributed by atoms with Crippen LogP contribution in [0.1, 0.15) is 58.8 Å². The number of hydrogen-bond acceptors (Lipinski definition) is 6. The topological polar surface area (TPSA) is 115 Å². The van der Waals surface area contributed by atoms with Crippen molar-refractivity contribution in [1.82, 2.24) is 24.7 Å². The fraction of sp³-hybridized carbons (Fsp3) is 0.393. The van der Waals surface area contributed by atoms with E-state index in [2.05, 4.69) is 22.2 Å². The standard InChI is InChI=1S/C28H34N6O3/c1-6-11-20-23-24(26(35)32-25(31-23)19-13-8-9-14-21(19)37-16-7-2)34(33-20)17-18-12-10-15-22(29-18)30-27(36)28(3,4)5/h8-10,12-15H,6-7,11,16-17H2,1-5H3,(H,29,30,36)(H,31,32,35). The van der Waals surface area contributed by atoms with Crippen LogP contribution in [0.15, 0.2) is 47.3 Å². The molecule has 4 aromatic rings. The highest BCUT2D eigenvalue weighted by atomic mass is 16.5. The number of para-hydroxylation sites is 1. The highest BCUT2D eigenvalue weighted by molar-refractivity contribution is 5.93. The predicted molar refractivity (Wildman–Crippen MR) is 145 cm³/mol. The van der Waals surface area contributed by atoms with E-state index >= 15 is 0 Å². The molecule has 2 N–H and O–H groups in total. The number of aromatic nitrogens is 5. The number of anilines is 1. The van der Waals surface area contributed by atoms with Gasteiger partial charge in [-0.1, -0.05) is 59.2 Å². The van der Waals surface area contributed by atoms with E-state index in [0.717, 1.165) is 24.1 Å². The summed E-state index contributed by atoms with van der Waals surface area (Å²) >= 11 is 0. The molecule has 37 heavy (non-hydrogen) atoms. The number of nitrogens with zero attached hydrogens (tertiary/aromatic N) is 4. The minimum atomic E-state index is -0.540. The summed E-state index contributed by atoms with van der Waals surface area (Å²) in [6, 6.07) is 13.0. The number of rotatable bonds is 9. The van der Waals surface area contributed by atoms with Gasteiger partial charge < -0.3 is 15.0 Å². The van der Waals surface area contributed by atoms with E-state index in [1.54, 1.807) is 10.7 Å². The minimum Gasteiger partial charge on any atom is -0.493 e.